The summed E-state index contributed by atoms with van der Waals surface area (Å²) in [7, 11) is 0. The van der Waals surface area contributed by atoms with Crippen LogP contribution >= 0.6 is 0 Å². The van der Waals surface area contributed by atoms with Crippen LogP contribution in [0.25, 0.3) is 0 Å². The van der Waals surface area contributed by atoms with Crippen molar-refractivity contribution >= 4 is 0 Å². The zero-order valence-corrected chi connectivity index (χ0v) is 14.4. The molecule has 0 heterocycles. The predicted octanol–water partition coefficient (Wildman–Crippen LogP) is 5.62. The molecule has 0 aromatic heterocycles. The molecule has 22 heavy (non-hydrogen) atoms. The van der Waals surface area contributed by atoms with Crippen LogP contribution in [-0.2, 0) is 25.7 Å². The van der Waals surface area contributed by atoms with Crippen LogP contribution in [0.5, 0.6) is 0 Å². The molecule has 4 rings (SSSR count). The summed E-state index contributed by atoms with van der Waals surface area (Å²) in [4.78, 5) is 0. The van der Waals surface area contributed by atoms with Gasteiger partial charge in [-0.25, -0.2) is 0 Å². The number of hydrogen-bond donors (Lipinski definition) is 0. The fraction of sp³-hybridized carbons (Fsp3) is 0.455. The molecular weight excluding hydrogens is 264 g/mol. The molecule has 0 aliphatic heterocycles. The highest BCUT2D eigenvalue weighted by atomic mass is 14.3. The van der Waals surface area contributed by atoms with Crippen molar-refractivity contribution in [3.05, 3.63) is 70.8 Å². The molecule has 0 saturated heterocycles. The van der Waals surface area contributed by atoms with E-state index in [-0.39, 0.29) is 0 Å². The molecule has 116 valence electrons. The van der Waals surface area contributed by atoms with Crippen LogP contribution < -0.4 is 0 Å². The SMILES string of the molecule is CC1(C)Cc2ccccc2C1.CC1(C)Cc2ccccc2C1. The van der Waals surface area contributed by atoms with Crippen molar-refractivity contribution in [3.63, 3.8) is 0 Å². The highest BCUT2D eigenvalue weighted by Gasteiger charge is 2.28. The monoisotopic (exact) mass is 292 g/mol. The Morgan fingerprint density at radius 3 is 0.955 bits per heavy atom. The molecule has 0 saturated carbocycles. The molecule has 0 amide bonds. The zero-order valence-electron chi connectivity index (χ0n) is 14.4. The van der Waals surface area contributed by atoms with Gasteiger partial charge >= 0.3 is 0 Å². The van der Waals surface area contributed by atoms with Gasteiger partial charge in [0.1, 0.15) is 0 Å². The average molecular weight is 292 g/mol. The third-order valence-electron chi connectivity index (χ3n) is 4.91. The van der Waals surface area contributed by atoms with E-state index < -0.39 is 0 Å². The Kier molecular flexibility index (Phi) is 3.89. The van der Waals surface area contributed by atoms with Crippen molar-refractivity contribution in [2.75, 3.05) is 0 Å². The summed E-state index contributed by atoms with van der Waals surface area (Å²) < 4.78 is 0. The van der Waals surface area contributed by atoms with E-state index >= 15 is 0 Å². The number of benzene rings is 2. The third kappa shape index (κ3) is 3.43. The van der Waals surface area contributed by atoms with Gasteiger partial charge in [-0.05, 0) is 58.8 Å². The lowest BCUT2D eigenvalue weighted by Crippen LogP contribution is -2.09. The molecular formula is C22H28. The third-order valence-corrected chi connectivity index (χ3v) is 4.91. The van der Waals surface area contributed by atoms with Gasteiger partial charge in [0.25, 0.3) is 0 Å². The van der Waals surface area contributed by atoms with Gasteiger partial charge in [0, 0.05) is 0 Å². The van der Waals surface area contributed by atoms with Gasteiger partial charge in [-0.15, -0.1) is 0 Å². The summed E-state index contributed by atoms with van der Waals surface area (Å²) >= 11 is 0. The maximum Gasteiger partial charge on any atom is -0.0221 e. The van der Waals surface area contributed by atoms with Crippen molar-refractivity contribution in [1.29, 1.82) is 0 Å². The molecule has 0 fully saturated rings. The first-order valence-corrected chi connectivity index (χ1v) is 8.48. The Morgan fingerprint density at radius 2 is 0.727 bits per heavy atom. The summed E-state index contributed by atoms with van der Waals surface area (Å²) in [5.74, 6) is 0. The fourth-order valence-corrected chi connectivity index (χ4v) is 3.99. The highest BCUT2D eigenvalue weighted by molar-refractivity contribution is 5.34. The summed E-state index contributed by atoms with van der Waals surface area (Å²) in [6, 6.07) is 17.6. The standard InChI is InChI=1S/2C11H14/c2*1-11(2)7-9-5-3-4-6-10(9)8-11/h2*3-6H,7-8H2,1-2H3. The van der Waals surface area contributed by atoms with E-state index in [0.717, 1.165) is 0 Å². The molecule has 0 radical (unpaired) electrons. The normalized spacial score (nSPS) is 19.8. The largest absolute Gasteiger partial charge is 0.0620 e. The lowest BCUT2D eigenvalue weighted by Gasteiger charge is -2.14. The van der Waals surface area contributed by atoms with Gasteiger partial charge in [0.2, 0.25) is 0 Å². The smallest absolute Gasteiger partial charge is 0.0221 e. The van der Waals surface area contributed by atoms with E-state index in [0.29, 0.717) is 10.8 Å². The van der Waals surface area contributed by atoms with Crippen LogP contribution in [0.2, 0.25) is 0 Å². The van der Waals surface area contributed by atoms with Crippen LogP contribution in [0.1, 0.15) is 49.9 Å². The van der Waals surface area contributed by atoms with E-state index in [1.54, 1.807) is 22.3 Å². The number of fused-ring (bicyclic) bond motifs is 2. The molecule has 0 nitrogen and oxygen atoms in total. The Hall–Kier alpha value is -1.56. The Morgan fingerprint density at radius 1 is 0.500 bits per heavy atom. The Bertz CT molecular complexity index is 548. The Labute approximate surface area is 135 Å². The van der Waals surface area contributed by atoms with Gasteiger partial charge in [-0.1, -0.05) is 76.2 Å². The van der Waals surface area contributed by atoms with Gasteiger partial charge in [-0.3, -0.25) is 0 Å². The van der Waals surface area contributed by atoms with Gasteiger partial charge < -0.3 is 0 Å². The zero-order chi connectivity index (χ0) is 15.8. The molecule has 0 spiro atoms. The maximum atomic E-state index is 2.34. The van der Waals surface area contributed by atoms with Gasteiger partial charge in [0.05, 0.1) is 0 Å². The minimum Gasteiger partial charge on any atom is -0.0620 e. The van der Waals surface area contributed by atoms with Crippen molar-refractivity contribution in [3.8, 4) is 0 Å². The summed E-state index contributed by atoms with van der Waals surface area (Å²) in [6.45, 7) is 9.36. The summed E-state index contributed by atoms with van der Waals surface area (Å²) in [6.07, 6.45) is 5.01. The van der Waals surface area contributed by atoms with Crippen LogP contribution in [0.15, 0.2) is 48.5 Å². The second kappa shape index (κ2) is 5.57. The fourth-order valence-electron chi connectivity index (χ4n) is 3.99. The van der Waals surface area contributed by atoms with E-state index in [1.807, 2.05) is 0 Å². The molecule has 0 atom stereocenters. The molecule has 0 N–H and O–H groups in total. The molecule has 0 unspecified atom stereocenters. The van der Waals surface area contributed by atoms with Crippen LogP contribution in [-0.4, -0.2) is 0 Å². The topological polar surface area (TPSA) is 0 Å². The predicted molar refractivity (Wildman–Crippen MR) is 95.3 cm³/mol. The van der Waals surface area contributed by atoms with E-state index in [1.165, 1.54) is 25.7 Å². The first kappa shape index (κ1) is 15.3. The molecule has 2 aliphatic rings. The minimum atomic E-state index is 0.504. The number of rotatable bonds is 0. The lowest BCUT2D eigenvalue weighted by molar-refractivity contribution is 0.392. The molecule has 2 aliphatic carbocycles. The van der Waals surface area contributed by atoms with Crippen molar-refractivity contribution in [2.45, 2.75) is 53.4 Å². The second-order valence-electron chi connectivity index (χ2n) is 8.57. The van der Waals surface area contributed by atoms with Crippen LogP contribution in [0, 0.1) is 10.8 Å². The molecule has 0 heteroatoms. The van der Waals surface area contributed by atoms with Crippen molar-refractivity contribution in [2.24, 2.45) is 10.8 Å². The number of hydrogen-bond acceptors (Lipinski definition) is 0. The first-order valence-electron chi connectivity index (χ1n) is 8.48. The highest BCUT2D eigenvalue weighted by Crippen LogP contribution is 2.36. The summed E-state index contributed by atoms with van der Waals surface area (Å²) in [5, 5.41) is 0. The lowest BCUT2D eigenvalue weighted by atomic mass is 9.90. The van der Waals surface area contributed by atoms with Crippen LogP contribution in [0.4, 0.5) is 0 Å². The van der Waals surface area contributed by atoms with E-state index in [2.05, 4.69) is 76.2 Å². The maximum absolute atomic E-state index is 2.34. The molecule has 0 bridgehead atoms. The Balaban J connectivity index is 0.000000131. The molecule has 2 aromatic carbocycles. The van der Waals surface area contributed by atoms with Crippen molar-refractivity contribution < 1.29 is 0 Å². The molecule has 2 aromatic rings. The van der Waals surface area contributed by atoms with Gasteiger partial charge in [-0.2, -0.15) is 0 Å². The first-order chi connectivity index (χ1) is 10.3. The summed E-state index contributed by atoms with van der Waals surface area (Å²) in [5.41, 5.74) is 7.22. The van der Waals surface area contributed by atoms with Crippen LogP contribution in [0.3, 0.4) is 0 Å². The van der Waals surface area contributed by atoms with E-state index in [9.17, 15) is 0 Å². The van der Waals surface area contributed by atoms with Gasteiger partial charge in [0.15, 0.2) is 0 Å². The second-order valence-corrected chi connectivity index (χ2v) is 8.57. The average Bonchev–Trinajstić information content (AvgIpc) is 2.91. The van der Waals surface area contributed by atoms with Crippen molar-refractivity contribution in [1.82, 2.24) is 0 Å². The quantitative estimate of drug-likeness (QED) is 0.591. The minimum absolute atomic E-state index is 0.504. The van der Waals surface area contributed by atoms with E-state index in [4.69, 9.17) is 0 Å².